The van der Waals surface area contributed by atoms with E-state index in [9.17, 15) is 4.79 Å². The highest BCUT2D eigenvalue weighted by atomic mass is 16.5. The van der Waals surface area contributed by atoms with Gasteiger partial charge in [0.25, 0.3) is 5.91 Å². The van der Waals surface area contributed by atoms with E-state index in [4.69, 9.17) is 14.7 Å². The Morgan fingerprint density at radius 1 is 1.04 bits per heavy atom. The number of piperazine rings is 1. The summed E-state index contributed by atoms with van der Waals surface area (Å²) in [6.07, 6.45) is 7.52. The minimum Gasteiger partial charge on any atom is -0.379 e. The summed E-state index contributed by atoms with van der Waals surface area (Å²) in [6.45, 7) is 6.80. The highest BCUT2D eigenvalue weighted by Crippen LogP contribution is 2.32. The lowest BCUT2D eigenvalue weighted by molar-refractivity contribution is 0.00732. The van der Waals surface area contributed by atoms with Crippen molar-refractivity contribution in [2.75, 3.05) is 58.8 Å². The molecule has 0 bridgehead atoms. The topological polar surface area (TPSA) is 96.1 Å². The van der Waals surface area contributed by atoms with Crippen molar-refractivity contribution in [1.29, 1.82) is 0 Å². The second kappa shape index (κ2) is 12.6. The first-order chi connectivity index (χ1) is 22.0. The van der Waals surface area contributed by atoms with Gasteiger partial charge in [-0.3, -0.25) is 9.69 Å². The third kappa shape index (κ3) is 5.90. The monoisotopic (exact) mass is 607 g/mol. The first kappa shape index (κ1) is 29.4. The van der Waals surface area contributed by atoms with Gasteiger partial charge >= 0.3 is 0 Å². The molecule has 11 nitrogen and oxygen atoms in total. The number of hydrogen-bond donors (Lipinski definition) is 1. The normalized spacial score (nSPS) is 19.2. The second-order valence-corrected chi connectivity index (χ2v) is 12.3. The van der Waals surface area contributed by atoms with Crippen LogP contribution in [0.2, 0.25) is 0 Å². The molecule has 11 heteroatoms. The predicted octanol–water partition coefficient (Wildman–Crippen LogP) is 3.54. The Bertz CT molecular complexity index is 1790. The molecule has 1 N–H and O–H groups in total. The van der Waals surface area contributed by atoms with Gasteiger partial charge in [-0.15, -0.1) is 0 Å². The van der Waals surface area contributed by atoms with Crippen molar-refractivity contribution in [3.63, 3.8) is 0 Å². The van der Waals surface area contributed by atoms with Crippen LogP contribution in [-0.2, 0) is 17.8 Å². The number of anilines is 1. The van der Waals surface area contributed by atoms with Crippen LogP contribution in [0.3, 0.4) is 0 Å². The first-order valence-corrected chi connectivity index (χ1v) is 15.8. The van der Waals surface area contributed by atoms with Crippen LogP contribution in [0.4, 0.5) is 5.82 Å². The summed E-state index contributed by atoms with van der Waals surface area (Å²) in [7, 11) is 5.92. The summed E-state index contributed by atoms with van der Waals surface area (Å²) in [5.74, 6) is 0.660. The van der Waals surface area contributed by atoms with E-state index in [1.54, 1.807) is 17.8 Å². The lowest BCUT2D eigenvalue weighted by Gasteiger charge is -2.35. The van der Waals surface area contributed by atoms with Crippen molar-refractivity contribution < 1.29 is 9.53 Å². The first-order valence-electron chi connectivity index (χ1n) is 15.8. The molecule has 1 aliphatic heterocycles. The molecule has 1 unspecified atom stereocenters. The summed E-state index contributed by atoms with van der Waals surface area (Å²) in [6, 6.07) is 16.5. The quantitative estimate of drug-likeness (QED) is 0.258. The van der Waals surface area contributed by atoms with Crippen LogP contribution in [-0.4, -0.2) is 106 Å². The average Bonchev–Trinajstić information content (AvgIpc) is 3.65. The summed E-state index contributed by atoms with van der Waals surface area (Å²) < 4.78 is 9.55. The van der Waals surface area contributed by atoms with E-state index in [0.29, 0.717) is 17.8 Å². The van der Waals surface area contributed by atoms with E-state index >= 15 is 0 Å². The van der Waals surface area contributed by atoms with Crippen LogP contribution in [0.25, 0.3) is 27.9 Å². The van der Waals surface area contributed by atoms with Gasteiger partial charge in [0.15, 0.2) is 5.65 Å². The molecule has 2 atom stereocenters. The van der Waals surface area contributed by atoms with Crippen LogP contribution in [0, 0.1) is 0 Å². The minimum absolute atomic E-state index is 0.00906. The Labute approximate surface area is 263 Å². The number of carbonyl (C=O) groups excluding carboxylic acids is 1. The number of hydrogen-bond acceptors (Lipinski definition) is 8. The molecule has 0 spiro atoms. The maximum absolute atomic E-state index is 13.6. The van der Waals surface area contributed by atoms with Gasteiger partial charge in [-0.25, -0.2) is 9.97 Å². The number of benzene rings is 1. The van der Waals surface area contributed by atoms with E-state index in [1.807, 2.05) is 37.5 Å². The Kier molecular flexibility index (Phi) is 8.22. The van der Waals surface area contributed by atoms with Crippen LogP contribution < -0.4 is 10.2 Å². The van der Waals surface area contributed by atoms with Gasteiger partial charge in [0.2, 0.25) is 0 Å². The van der Waals surface area contributed by atoms with E-state index in [1.165, 1.54) is 5.56 Å². The molecule has 1 saturated heterocycles. The molecule has 4 aromatic heterocycles. The van der Waals surface area contributed by atoms with Gasteiger partial charge in [0.05, 0.1) is 24.0 Å². The van der Waals surface area contributed by atoms with Crippen LogP contribution in [0.1, 0.15) is 28.8 Å². The Balaban J connectivity index is 1.28. The Morgan fingerprint density at radius 3 is 2.62 bits per heavy atom. The molecule has 1 aromatic carbocycles. The zero-order chi connectivity index (χ0) is 30.9. The van der Waals surface area contributed by atoms with E-state index < -0.39 is 0 Å². The smallest absolute Gasteiger partial charge is 0.257 e. The molecule has 234 valence electrons. The zero-order valence-corrected chi connectivity index (χ0v) is 26.3. The molecule has 2 fully saturated rings. The fraction of sp³-hybridized carbons (Fsp3) is 0.412. The van der Waals surface area contributed by atoms with Crippen LogP contribution >= 0.6 is 0 Å². The number of pyridine rings is 1. The maximum atomic E-state index is 13.6. The molecular formula is C34H41N9O2. The van der Waals surface area contributed by atoms with Gasteiger partial charge in [0.1, 0.15) is 17.0 Å². The van der Waals surface area contributed by atoms with Crippen molar-refractivity contribution >= 4 is 28.4 Å². The number of ether oxygens (including phenoxy) is 1. The summed E-state index contributed by atoms with van der Waals surface area (Å²) in [5.41, 5.74) is 4.85. The third-order valence-corrected chi connectivity index (χ3v) is 9.34. The highest BCUT2D eigenvalue weighted by molar-refractivity contribution is 6.01. The summed E-state index contributed by atoms with van der Waals surface area (Å²) >= 11 is 0. The number of aromatic nitrogens is 5. The van der Waals surface area contributed by atoms with Gasteiger partial charge < -0.3 is 24.4 Å². The van der Waals surface area contributed by atoms with E-state index in [2.05, 4.69) is 67.2 Å². The number of nitrogens with zero attached hydrogens (tertiary/aromatic N) is 8. The average molecular weight is 608 g/mol. The SMILES string of the molecule is CO[C@H]1CCC1NC(=O)c1cnn2c(N(C)Cc3ccccc3)cc(-c3cn(CCN4CCN(C)CC4)c4ncccc34)nc12. The molecule has 7 rings (SSSR count). The standard InChI is InChI=1S/C34H41N9O2/c1-39-14-16-41(17-15-39)18-19-42-23-27(25-10-7-13-35-32(25)42)29-20-31(40(2)22-24-8-5-4-6-9-24)43-33(37-29)26(21-36-43)34(44)38-28-11-12-30(28)45-3/h4-10,13,20-21,23,28,30H,11-12,14-19,22H2,1-3H3,(H,38,44)/t28?,30-/m0/s1. The molecule has 1 amide bonds. The van der Waals surface area contributed by atoms with Gasteiger partial charge in [-0.2, -0.15) is 9.61 Å². The zero-order valence-electron chi connectivity index (χ0n) is 26.3. The number of carbonyl (C=O) groups is 1. The second-order valence-electron chi connectivity index (χ2n) is 12.3. The van der Waals surface area contributed by atoms with Gasteiger partial charge in [0, 0.05) is 89.4 Å². The van der Waals surface area contributed by atoms with Gasteiger partial charge in [-0.05, 0) is 37.6 Å². The summed E-state index contributed by atoms with van der Waals surface area (Å²) in [5, 5.41) is 8.86. The number of fused-ring (bicyclic) bond motifs is 2. The number of rotatable bonds is 10. The number of amides is 1. The van der Waals surface area contributed by atoms with Crippen molar-refractivity contribution in [1.82, 2.24) is 39.3 Å². The molecule has 5 aromatic rings. The van der Waals surface area contributed by atoms with Gasteiger partial charge in [-0.1, -0.05) is 30.3 Å². The predicted molar refractivity (Wildman–Crippen MR) is 175 cm³/mol. The van der Waals surface area contributed by atoms with Crippen molar-refractivity contribution in [3.8, 4) is 11.3 Å². The van der Waals surface area contributed by atoms with Crippen LogP contribution in [0.15, 0.2) is 67.1 Å². The number of likely N-dealkylation sites (N-methyl/N-ethyl adjacent to an activating group) is 1. The number of methoxy groups -OCH3 is 1. The lowest BCUT2D eigenvalue weighted by atomic mass is 9.89. The van der Waals surface area contributed by atoms with Crippen molar-refractivity contribution in [3.05, 3.63) is 78.2 Å². The molecule has 45 heavy (non-hydrogen) atoms. The molecule has 0 radical (unpaired) electrons. The molecule has 1 aliphatic carbocycles. The lowest BCUT2D eigenvalue weighted by Crippen LogP contribution is -2.51. The maximum Gasteiger partial charge on any atom is 0.257 e. The fourth-order valence-corrected chi connectivity index (χ4v) is 6.44. The van der Waals surface area contributed by atoms with Crippen LogP contribution in [0.5, 0.6) is 0 Å². The fourth-order valence-electron chi connectivity index (χ4n) is 6.44. The largest absolute Gasteiger partial charge is 0.379 e. The minimum atomic E-state index is -0.186. The molecule has 1 saturated carbocycles. The van der Waals surface area contributed by atoms with E-state index in [-0.39, 0.29) is 18.1 Å². The summed E-state index contributed by atoms with van der Waals surface area (Å²) in [4.78, 5) is 30.5. The third-order valence-electron chi connectivity index (χ3n) is 9.34. The highest BCUT2D eigenvalue weighted by Gasteiger charge is 2.33. The van der Waals surface area contributed by atoms with E-state index in [0.717, 1.165) is 80.2 Å². The van der Waals surface area contributed by atoms with Crippen molar-refractivity contribution in [2.45, 2.75) is 38.1 Å². The molecular weight excluding hydrogens is 566 g/mol. The molecule has 5 heterocycles. The Hall–Kier alpha value is -4.32. The Morgan fingerprint density at radius 2 is 1.87 bits per heavy atom. The molecule has 2 aliphatic rings. The van der Waals surface area contributed by atoms with Crippen molar-refractivity contribution in [2.24, 2.45) is 0 Å². The number of nitrogens with one attached hydrogen (secondary N) is 1.